The summed E-state index contributed by atoms with van der Waals surface area (Å²) >= 11 is 0. The zero-order valence-corrected chi connectivity index (χ0v) is 17.4. The Morgan fingerprint density at radius 2 is 2.03 bits per heavy atom. The van der Waals surface area contributed by atoms with Gasteiger partial charge in [-0.2, -0.15) is 0 Å². The summed E-state index contributed by atoms with van der Waals surface area (Å²) in [5, 5.41) is 2.84. The number of nitrogen functional groups attached to an aromatic ring is 1. The number of aromatic nitrogens is 2. The van der Waals surface area contributed by atoms with Crippen LogP contribution < -0.4 is 16.0 Å². The van der Waals surface area contributed by atoms with Gasteiger partial charge in [0.25, 0.3) is 5.91 Å². The molecule has 0 spiro atoms. The van der Waals surface area contributed by atoms with Gasteiger partial charge in [-0.1, -0.05) is 6.07 Å². The summed E-state index contributed by atoms with van der Waals surface area (Å²) < 4.78 is 15.0. The fourth-order valence-electron chi connectivity index (χ4n) is 4.52. The molecule has 0 unspecified atom stereocenters. The second-order valence-electron chi connectivity index (χ2n) is 8.22. The van der Waals surface area contributed by atoms with Gasteiger partial charge in [0, 0.05) is 41.5 Å². The van der Waals surface area contributed by atoms with E-state index in [4.69, 9.17) is 5.73 Å². The van der Waals surface area contributed by atoms with Crippen LogP contribution in [0, 0.1) is 5.82 Å². The van der Waals surface area contributed by atoms with E-state index in [1.807, 2.05) is 18.2 Å². The summed E-state index contributed by atoms with van der Waals surface area (Å²) in [4.78, 5) is 23.2. The molecule has 3 aromatic rings. The number of benzene rings is 2. The smallest absolute Gasteiger partial charge is 0.251 e. The van der Waals surface area contributed by atoms with Gasteiger partial charge < -0.3 is 16.0 Å². The van der Waals surface area contributed by atoms with Crippen molar-refractivity contribution in [2.45, 2.75) is 32.2 Å². The second-order valence-corrected chi connectivity index (χ2v) is 8.22. The number of anilines is 2. The van der Waals surface area contributed by atoms with Crippen LogP contribution in [-0.4, -0.2) is 35.0 Å². The van der Waals surface area contributed by atoms with Crippen molar-refractivity contribution >= 4 is 17.4 Å². The van der Waals surface area contributed by atoms with E-state index in [9.17, 15) is 4.79 Å². The first-order chi connectivity index (χ1) is 15.0. The van der Waals surface area contributed by atoms with Gasteiger partial charge in [0.15, 0.2) is 0 Å². The third-order valence-corrected chi connectivity index (χ3v) is 6.22. The maximum absolute atomic E-state index is 15.0. The van der Waals surface area contributed by atoms with Crippen LogP contribution in [0.25, 0.3) is 22.5 Å². The number of nitrogens with two attached hydrogens (primary N) is 1. The lowest BCUT2D eigenvalue weighted by atomic mass is 9.96. The molecule has 0 aliphatic carbocycles. The van der Waals surface area contributed by atoms with Crippen molar-refractivity contribution in [1.29, 1.82) is 0 Å². The minimum Gasteiger partial charge on any atom is -0.382 e. The van der Waals surface area contributed by atoms with Gasteiger partial charge in [0.1, 0.15) is 17.3 Å². The molecular weight excluding hydrogens is 393 g/mol. The average Bonchev–Trinajstić information content (AvgIpc) is 3.20. The fourth-order valence-corrected chi connectivity index (χ4v) is 4.52. The van der Waals surface area contributed by atoms with E-state index in [-0.39, 0.29) is 17.5 Å². The lowest BCUT2D eigenvalue weighted by molar-refractivity contribution is 0.0946. The van der Waals surface area contributed by atoms with E-state index in [0.717, 1.165) is 42.6 Å². The van der Waals surface area contributed by atoms with Gasteiger partial charge in [-0.3, -0.25) is 4.79 Å². The molecule has 2 aromatic carbocycles. The van der Waals surface area contributed by atoms with Crippen molar-refractivity contribution in [1.82, 2.24) is 15.3 Å². The predicted octanol–water partition coefficient (Wildman–Crippen LogP) is 3.81. The van der Waals surface area contributed by atoms with Crippen molar-refractivity contribution in [3.8, 4) is 22.5 Å². The molecule has 2 aliphatic rings. The summed E-state index contributed by atoms with van der Waals surface area (Å²) in [5.74, 6) is -0.134. The van der Waals surface area contributed by atoms with Crippen LogP contribution in [0.15, 0.2) is 42.6 Å². The number of rotatable bonds is 3. The van der Waals surface area contributed by atoms with Crippen molar-refractivity contribution in [3.05, 3.63) is 59.5 Å². The highest BCUT2D eigenvalue weighted by atomic mass is 19.1. The van der Waals surface area contributed by atoms with Crippen LogP contribution >= 0.6 is 0 Å². The first kappa shape index (κ1) is 19.5. The lowest BCUT2D eigenvalue weighted by Gasteiger charge is -2.24. The topological polar surface area (TPSA) is 84.1 Å². The minimum atomic E-state index is -0.330. The Bertz CT molecular complexity index is 1180. The van der Waals surface area contributed by atoms with Crippen LogP contribution in [0.5, 0.6) is 0 Å². The van der Waals surface area contributed by atoms with E-state index >= 15 is 4.39 Å². The second kappa shape index (κ2) is 7.65. The Kier molecular flexibility index (Phi) is 4.81. The molecule has 1 atom stereocenters. The highest BCUT2D eigenvalue weighted by molar-refractivity contribution is 5.97. The van der Waals surface area contributed by atoms with Gasteiger partial charge in [-0.25, -0.2) is 14.4 Å². The van der Waals surface area contributed by atoms with Crippen molar-refractivity contribution in [2.75, 3.05) is 23.7 Å². The lowest BCUT2D eigenvalue weighted by Crippen LogP contribution is -2.31. The number of hydrogen-bond donors (Lipinski definition) is 2. The molecule has 0 radical (unpaired) electrons. The Hall–Kier alpha value is -3.48. The number of carbonyl (C=O) groups excluding carboxylic acids is 1. The zero-order valence-electron chi connectivity index (χ0n) is 17.4. The molecule has 0 saturated carbocycles. The minimum absolute atomic E-state index is 0.0740. The van der Waals surface area contributed by atoms with Gasteiger partial charge in [0.2, 0.25) is 0 Å². The van der Waals surface area contributed by atoms with Crippen LogP contribution in [0.1, 0.15) is 35.7 Å². The molecule has 1 aromatic heterocycles. The molecule has 0 bridgehead atoms. The van der Waals surface area contributed by atoms with Crippen molar-refractivity contribution in [3.63, 3.8) is 0 Å². The molecule has 6 nitrogen and oxygen atoms in total. The van der Waals surface area contributed by atoms with Gasteiger partial charge in [-0.05, 0) is 62.1 Å². The molecular formula is C24H24FN5O. The van der Waals surface area contributed by atoms with E-state index in [2.05, 4.69) is 27.1 Å². The first-order valence-electron chi connectivity index (χ1n) is 10.6. The quantitative estimate of drug-likeness (QED) is 0.677. The molecule has 7 heteroatoms. The number of amides is 1. The number of nitrogens with zero attached hydrogens (tertiary/aromatic N) is 3. The Balaban J connectivity index is 1.51. The molecule has 31 heavy (non-hydrogen) atoms. The standard InChI is InChI=1S/C24H24FN5O/c1-14-3-2-10-30(14)17-5-7-19(20(25)12-17)21-13-28-23(26)22(29-21)16-4-6-18-15(11-16)8-9-27-24(18)31/h4-7,11-14H,2-3,8-10H2,1H3,(H2,26,28)(H,27,31)/t14-/m1/s1. The van der Waals surface area contributed by atoms with E-state index < -0.39 is 0 Å². The maximum Gasteiger partial charge on any atom is 0.251 e. The molecule has 3 N–H and O–H groups in total. The molecule has 2 aliphatic heterocycles. The summed E-state index contributed by atoms with van der Waals surface area (Å²) in [6.45, 7) is 3.71. The molecule has 1 saturated heterocycles. The van der Waals surface area contributed by atoms with Gasteiger partial charge in [0.05, 0.1) is 11.9 Å². The number of hydrogen-bond acceptors (Lipinski definition) is 5. The molecule has 1 fully saturated rings. The van der Waals surface area contributed by atoms with E-state index in [1.165, 1.54) is 6.20 Å². The zero-order chi connectivity index (χ0) is 21.5. The first-order valence-corrected chi connectivity index (χ1v) is 10.6. The van der Waals surface area contributed by atoms with Crippen molar-refractivity contribution in [2.24, 2.45) is 0 Å². The summed E-state index contributed by atoms with van der Waals surface area (Å²) in [7, 11) is 0. The van der Waals surface area contributed by atoms with Gasteiger partial charge >= 0.3 is 0 Å². The van der Waals surface area contributed by atoms with E-state index in [1.54, 1.807) is 18.2 Å². The number of fused-ring (bicyclic) bond motifs is 1. The Morgan fingerprint density at radius 3 is 2.81 bits per heavy atom. The molecule has 3 heterocycles. The number of halogens is 1. The Morgan fingerprint density at radius 1 is 1.19 bits per heavy atom. The third-order valence-electron chi connectivity index (χ3n) is 6.22. The van der Waals surface area contributed by atoms with Crippen LogP contribution in [0.3, 0.4) is 0 Å². The SMILES string of the molecule is C[C@@H]1CCCN1c1ccc(-c2cnc(N)c(-c3ccc4c(c3)CCNC4=O)n2)c(F)c1. The monoisotopic (exact) mass is 417 g/mol. The van der Waals surface area contributed by atoms with Crippen LogP contribution in [-0.2, 0) is 6.42 Å². The highest BCUT2D eigenvalue weighted by Gasteiger charge is 2.22. The third kappa shape index (κ3) is 3.50. The van der Waals surface area contributed by atoms with Gasteiger partial charge in [-0.15, -0.1) is 0 Å². The van der Waals surface area contributed by atoms with Crippen molar-refractivity contribution < 1.29 is 9.18 Å². The summed E-state index contributed by atoms with van der Waals surface area (Å²) in [6.07, 6.45) is 4.49. The average molecular weight is 417 g/mol. The maximum atomic E-state index is 15.0. The fraction of sp³-hybridized carbons (Fsp3) is 0.292. The van der Waals surface area contributed by atoms with Crippen LogP contribution in [0.4, 0.5) is 15.9 Å². The summed E-state index contributed by atoms with van der Waals surface area (Å²) in [6, 6.07) is 11.2. The normalized spacial score (nSPS) is 18.1. The highest BCUT2D eigenvalue weighted by Crippen LogP contribution is 2.32. The number of carbonyl (C=O) groups is 1. The Labute approximate surface area is 180 Å². The number of nitrogens with one attached hydrogen (secondary N) is 1. The van der Waals surface area contributed by atoms with E-state index in [0.29, 0.717) is 35.1 Å². The predicted molar refractivity (Wildman–Crippen MR) is 119 cm³/mol. The molecule has 158 valence electrons. The summed E-state index contributed by atoms with van der Waals surface area (Å²) in [5.41, 5.74) is 10.7. The largest absolute Gasteiger partial charge is 0.382 e. The molecule has 1 amide bonds. The molecule has 5 rings (SSSR count). The van der Waals surface area contributed by atoms with Crippen LogP contribution in [0.2, 0.25) is 0 Å².